The average Bonchev–Trinajstić information content (AvgIpc) is 3.12. The molecule has 0 spiro atoms. The summed E-state index contributed by atoms with van der Waals surface area (Å²) in [6.45, 7) is 5.94. The normalized spacial score (nSPS) is 15.1. The molecule has 0 aromatic heterocycles. The van der Waals surface area contributed by atoms with Crippen molar-refractivity contribution in [2.45, 2.75) is 122 Å². The minimum atomic E-state index is 0.502. The first kappa shape index (κ1) is 22.7. The molecule has 1 saturated heterocycles. The van der Waals surface area contributed by atoms with Crippen molar-refractivity contribution in [3.05, 3.63) is 0 Å². The number of carbonyl (C=O) groups excluding carboxylic acids is 1. The maximum Gasteiger partial charge on any atom is 0.132 e. The van der Waals surface area contributed by atoms with Crippen LogP contribution in [0.15, 0.2) is 0 Å². The number of unbranched alkanes of at least 4 members (excludes halogenated alkanes) is 12. The second kappa shape index (κ2) is 17.1. The van der Waals surface area contributed by atoms with Gasteiger partial charge >= 0.3 is 0 Å². The molecule has 0 N–H and O–H groups in total. The van der Waals surface area contributed by atoms with E-state index in [-0.39, 0.29) is 0 Å². The molecular weight excluding hydrogens is 306 g/mol. The van der Waals surface area contributed by atoms with Gasteiger partial charge in [0.1, 0.15) is 5.78 Å². The number of carbonyl (C=O) groups is 1. The van der Waals surface area contributed by atoms with E-state index in [2.05, 4.69) is 11.8 Å². The van der Waals surface area contributed by atoms with Crippen molar-refractivity contribution in [2.24, 2.45) is 0 Å². The molecule has 1 aliphatic heterocycles. The van der Waals surface area contributed by atoms with Crippen LogP contribution in [-0.2, 0) is 4.79 Å². The summed E-state index contributed by atoms with van der Waals surface area (Å²) in [4.78, 5) is 14.4. The number of ketones is 1. The van der Waals surface area contributed by atoms with Crippen molar-refractivity contribution in [2.75, 3.05) is 19.6 Å². The SMILES string of the molecule is CCCCCCCCCCCCCCCC(=O)CCCN1CCCC1. The van der Waals surface area contributed by atoms with Crippen LogP contribution in [0, 0.1) is 0 Å². The molecule has 0 atom stereocenters. The summed E-state index contributed by atoms with van der Waals surface area (Å²) in [5.41, 5.74) is 0. The van der Waals surface area contributed by atoms with Crippen molar-refractivity contribution in [3.8, 4) is 0 Å². The Kier molecular flexibility index (Phi) is 15.5. The lowest BCUT2D eigenvalue weighted by molar-refractivity contribution is -0.119. The third kappa shape index (κ3) is 14.5. The van der Waals surface area contributed by atoms with E-state index < -0.39 is 0 Å². The molecule has 1 rings (SSSR count). The first-order valence-electron chi connectivity index (χ1n) is 11.6. The van der Waals surface area contributed by atoms with Gasteiger partial charge in [0.25, 0.3) is 0 Å². The maximum atomic E-state index is 11.9. The third-order valence-electron chi connectivity index (χ3n) is 5.69. The van der Waals surface area contributed by atoms with E-state index in [1.165, 1.54) is 103 Å². The van der Waals surface area contributed by atoms with Crippen molar-refractivity contribution in [1.82, 2.24) is 4.90 Å². The molecule has 1 heterocycles. The number of nitrogens with zero attached hydrogens (tertiary/aromatic N) is 1. The second-order valence-corrected chi connectivity index (χ2v) is 8.18. The van der Waals surface area contributed by atoms with Crippen LogP contribution in [0.4, 0.5) is 0 Å². The highest BCUT2D eigenvalue weighted by molar-refractivity contribution is 5.78. The number of hydrogen-bond donors (Lipinski definition) is 0. The molecule has 0 amide bonds. The Hall–Kier alpha value is -0.370. The van der Waals surface area contributed by atoms with Gasteiger partial charge in [-0.2, -0.15) is 0 Å². The summed E-state index contributed by atoms with van der Waals surface area (Å²) in [6, 6.07) is 0. The number of likely N-dealkylation sites (tertiary alicyclic amines) is 1. The van der Waals surface area contributed by atoms with Gasteiger partial charge < -0.3 is 4.90 Å². The van der Waals surface area contributed by atoms with Gasteiger partial charge in [0.15, 0.2) is 0 Å². The lowest BCUT2D eigenvalue weighted by atomic mass is 10.0. The zero-order valence-electron chi connectivity index (χ0n) is 17.2. The van der Waals surface area contributed by atoms with Crippen LogP contribution in [0.3, 0.4) is 0 Å². The summed E-state index contributed by atoms with van der Waals surface area (Å²) >= 11 is 0. The lowest BCUT2D eigenvalue weighted by Crippen LogP contribution is -2.20. The fourth-order valence-electron chi connectivity index (χ4n) is 3.97. The fraction of sp³-hybridized carbons (Fsp3) is 0.957. The van der Waals surface area contributed by atoms with E-state index in [9.17, 15) is 4.79 Å². The second-order valence-electron chi connectivity index (χ2n) is 8.18. The number of rotatable bonds is 18. The molecule has 1 fully saturated rings. The Morgan fingerprint density at radius 3 is 1.60 bits per heavy atom. The third-order valence-corrected chi connectivity index (χ3v) is 5.69. The molecule has 0 aromatic carbocycles. The largest absolute Gasteiger partial charge is 0.303 e. The first-order chi connectivity index (χ1) is 12.3. The predicted molar refractivity (Wildman–Crippen MR) is 110 cm³/mol. The zero-order valence-corrected chi connectivity index (χ0v) is 17.2. The minimum absolute atomic E-state index is 0.502. The lowest BCUT2D eigenvalue weighted by Gasteiger charge is -2.13. The quantitative estimate of drug-likeness (QED) is 0.250. The molecular formula is C23H45NO. The van der Waals surface area contributed by atoms with Gasteiger partial charge in [0, 0.05) is 12.8 Å². The molecule has 1 aliphatic rings. The van der Waals surface area contributed by atoms with E-state index in [4.69, 9.17) is 0 Å². The summed E-state index contributed by atoms with van der Waals surface area (Å²) < 4.78 is 0. The standard InChI is InChI=1S/C23H45NO/c1-2-3-4-5-6-7-8-9-10-11-12-13-14-18-23(25)19-17-22-24-20-15-16-21-24/h2-22H2,1H3. The molecule has 0 aliphatic carbocycles. The van der Waals surface area contributed by atoms with E-state index in [0.29, 0.717) is 5.78 Å². The van der Waals surface area contributed by atoms with E-state index in [0.717, 1.165) is 32.2 Å². The maximum absolute atomic E-state index is 11.9. The topological polar surface area (TPSA) is 20.3 Å². The molecule has 0 unspecified atom stereocenters. The van der Waals surface area contributed by atoms with Gasteiger partial charge in [-0.15, -0.1) is 0 Å². The van der Waals surface area contributed by atoms with Gasteiger partial charge in [-0.3, -0.25) is 4.79 Å². The van der Waals surface area contributed by atoms with Crippen LogP contribution in [0.1, 0.15) is 122 Å². The Morgan fingerprint density at radius 2 is 1.08 bits per heavy atom. The molecule has 0 aromatic rings. The summed E-state index contributed by atoms with van der Waals surface area (Å²) in [6.07, 6.45) is 23.3. The zero-order chi connectivity index (χ0) is 18.0. The van der Waals surface area contributed by atoms with Gasteiger partial charge in [-0.1, -0.05) is 84.0 Å². The molecule has 148 valence electrons. The Morgan fingerprint density at radius 1 is 0.640 bits per heavy atom. The summed E-state index contributed by atoms with van der Waals surface area (Å²) in [5.74, 6) is 0.502. The molecule has 0 bridgehead atoms. The van der Waals surface area contributed by atoms with Crippen LogP contribution in [0.25, 0.3) is 0 Å². The minimum Gasteiger partial charge on any atom is -0.303 e. The molecule has 2 nitrogen and oxygen atoms in total. The van der Waals surface area contributed by atoms with Crippen molar-refractivity contribution in [3.63, 3.8) is 0 Å². The van der Waals surface area contributed by atoms with Crippen LogP contribution in [-0.4, -0.2) is 30.3 Å². The molecule has 2 heteroatoms. The van der Waals surface area contributed by atoms with Crippen LogP contribution in [0.5, 0.6) is 0 Å². The average molecular weight is 352 g/mol. The number of Topliss-reactive ketones (excluding diaryl/α,β-unsaturated/α-hetero) is 1. The Labute approximate surface area is 158 Å². The highest BCUT2D eigenvalue weighted by Gasteiger charge is 2.11. The molecule has 0 radical (unpaired) electrons. The number of hydrogen-bond acceptors (Lipinski definition) is 2. The predicted octanol–water partition coefficient (Wildman–Crippen LogP) is 6.91. The molecule has 25 heavy (non-hydrogen) atoms. The fourth-order valence-corrected chi connectivity index (χ4v) is 3.97. The smallest absolute Gasteiger partial charge is 0.132 e. The van der Waals surface area contributed by atoms with Crippen molar-refractivity contribution in [1.29, 1.82) is 0 Å². The van der Waals surface area contributed by atoms with E-state index in [1.54, 1.807) is 0 Å². The Bertz CT molecular complexity index is 296. The van der Waals surface area contributed by atoms with Gasteiger partial charge in [-0.05, 0) is 45.3 Å². The van der Waals surface area contributed by atoms with Crippen LogP contribution < -0.4 is 0 Å². The van der Waals surface area contributed by atoms with Gasteiger partial charge in [0.2, 0.25) is 0 Å². The monoisotopic (exact) mass is 351 g/mol. The first-order valence-corrected chi connectivity index (χ1v) is 11.6. The van der Waals surface area contributed by atoms with Crippen LogP contribution in [0.2, 0.25) is 0 Å². The summed E-state index contributed by atoms with van der Waals surface area (Å²) in [7, 11) is 0. The van der Waals surface area contributed by atoms with Crippen LogP contribution >= 0.6 is 0 Å². The Balaban J connectivity index is 1.72. The van der Waals surface area contributed by atoms with Crippen molar-refractivity contribution < 1.29 is 4.79 Å². The molecule has 0 saturated carbocycles. The highest BCUT2D eigenvalue weighted by Crippen LogP contribution is 2.14. The van der Waals surface area contributed by atoms with Crippen molar-refractivity contribution >= 4 is 5.78 Å². The van der Waals surface area contributed by atoms with Gasteiger partial charge in [0.05, 0.1) is 0 Å². The summed E-state index contributed by atoms with van der Waals surface area (Å²) in [5, 5.41) is 0. The van der Waals surface area contributed by atoms with E-state index in [1.807, 2.05) is 0 Å². The van der Waals surface area contributed by atoms with E-state index >= 15 is 0 Å². The highest BCUT2D eigenvalue weighted by atomic mass is 16.1. The van der Waals surface area contributed by atoms with Gasteiger partial charge in [-0.25, -0.2) is 0 Å².